The van der Waals surface area contributed by atoms with Gasteiger partial charge in [-0.25, -0.2) is 8.78 Å². The first-order valence-corrected chi connectivity index (χ1v) is 13.3. The molecule has 0 aliphatic carbocycles. The van der Waals surface area contributed by atoms with Crippen molar-refractivity contribution in [2.24, 2.45) is 0 Å². The van der Waals surface area contributed by atoms with Gasteiger partial charge in [0, 0.05) is 29.2 Å². The van der Waals surface area contributed by atoms with Crippen molar-refractivity contribution in [3.05, 3.63) is 124 Å². The van der Waals surface area contributed by atoms with Crippen molar-refractivity contribution >= 4 is 23.4 Å². The topological polar surface area (TPSA) is 106 Å². The average Bonchev–Trinajstić information content (AvgIpc) is 3.62. The van der Waals surface area contributed by atoms with Gasteiger partial charge in [-0.3, -0.25) is 9.59 Å². The van der Waals surface area contributed by atoms with E-state index in [9.17, 15) is 18.4 Å². The minimum atomic E-state index is -1.27. The smallest absolute Gasteiger partial charge is 0.251 e. The van der Waals surface area contributed by atoms with Gasteiger partial charge in [0.25, 0.3) is 5.91 Å². The fourth-order valence-corrected chi connectivity index (χ4v) is 4.41. The molecule has 0 radical (unpaired) electrons. The SMILES string of the molecule is Cc1ccc([C@@H](C(=O)NCc2ccc(F)cc2)N(Cc2ccccc2F)C(=O)Cn2nnc(-c3ccc(Cl)cc3)n2)o1. The highest BCUT2D eigenvalue weighted by Gasteiger charge is 2.35. The number of carbonyl (C=O) groups is 2. The van der Waals surface area contributed by atoms with E-state index in [1.54, 1.807) is 61.5 Å². The highest BCUT2D eigenvalue weighted by molar-refractivity contribution is 6.30. The van der Waals surface area contributed by atoms with E-state index in [4.69, 9.17) is 16.0 Å². The van der Waals surface area contributed by atoms with Gasteiger partial charge in [-0.1, -0.05) is 41.9 Å². The van der Waals surface area contributed by atoms with Gasteiger partial charge >= 0.3 is 0 Å². The summed E-state index contributed by atoms with van der Waals surface area (Å²) in [6.45, 7) is 1.12. The van der Waals surface area contributed by atoms with Crippen molar-refractivity contribution in [3.63, 3.8) is 0 Å². The number of rotatable bonds is 10. The minimum Gasteiger partial charge on any atom is -0.464 e. The Hall–Kier alpha value is -4.90. The zero-order valence-electron chi connectivity index (χ0n) is 22.4. The Bertz CT molecular complexity index is 1690. The molecule has 0 aliphatic rings. The molecule has 3 aromatic carbocycles. The molecule has 214 valence electrons. The number of amides is 2. The molecule has 42 heavy (non-hydrogen) atoms. The lowest BCUT2D eigenvalue weighted by Crippen LogP contribution is -2.44. The Balaban J connectivity index is 1.45. The summed E-state index contributed by atoms with van der Waals surface area (Å²) in [5.74, 6) is -1.14. The molecule has 0 saturated heterocycles. The van der Waals surface area contributed by atoms with Gasteiger partial charge in [0.1, 0.15) is 29.7 Å². The summed E-state index contributed by atoms with van der Waals surface area (Å²) in [4.78, 5) is 29.8. The van der Waals surface area contributed by atoms with E-state index < -0.39 is 36.0 Å². The Morgan fingerprint density at radius 1 is 1.00 bits per heavy atom. The number of hydrogen-bond donors (Lipinski definition) is 1. The molecular weight excluding hydrogens is 566 g/mol. The summed E-state index contributed by atoms with van der Waals surface area (Å²) < 4.78 is 34.0. The predicted octanol–water partition coefficient (Wildman–Crippen LogP) is 5.26. The average molecular weight is 591 g/mol. The van der Waals surface area contributed by atoms with Gasteiger partial charge < -0.3 is 14.6 Å². The highest BCUT2D eigenvalue weighted by Crippen LogP contribution is 2.27. The first-order chi connectivity index (χ1) is 20.3. The van der Waals surface area contributed by atoms with E-state index in [-0.39, 0.29) is 30.2 Å². The predicted molar refractivity (Wildman–Crippen MR) is 150 cm³/mol. The second-order valence-electron chi connectivity index (χ2n) is 9.46. The van der Waals surface area contributed by atoms with Crippen molar-refractivity contribution in [1.82, 2.24) is 30.4 Å². The van der Waals surface area contributed by atoms with Gasteiger partial charge in [-0.15, -0.1) is 10.2 Å². The lowest BCUT2D eigenvalue weighted by molar-refractivity contribution is -0.143. The van der Waals surface area contributed by atoms with Crippen LogP contribution in [0.2, 0.25) is 5.02 Å². The molecule has 2 aromatic heterocycles. The maximum atomic E-state index is 14.8. The van der Waals surface area contributed by atoms with Crippen LogP contribution in [-0.2, 0) is 29.2 Å². The van der Waals surface area contributed by atoms with Crippen LogP contribution in [0.3, 0.4) is 0 Å². The van der Waals surface area contributed by atoms with E-state index in [1.165, 1.54) is 35.2 Å². The molecule has 0 saturated carbocycles. The summed E-state index contributed by atoms with van der Waals surface area (Å²) in [6.07, 6.45) is 0. The van der Waals surface area contributed by atoms with Crippen LogP contribution in [0.25, 0.3) is 11.4 Å². The van der Waals surface area contributed by atoms with E-state index in [0.29, 0.717) is 21.9 Å². The summed E-state index contributed by atoms with van der Waals surface area (Å²) >= 11 is 5.96. The highest BCUT2D eigenvalue weighted by atomic mass is 35.5. The van der Waals surface area contributed by atoms with Crippen molar-refractivity contribution < 1.29 is 22.8 Å². The maximum absolute atomic E-state index is 14.8. The number of benzene rings is 3. The normalized spacial score (nSPS) is 11.7. The van der Waals surface area contributed by atoms with Gasteiger partial charge in [0.2, 0.25) is 11.7 Å². The van der Waals surface area contributed by atoms with Crippen molar-refractivity contribution in [2.45, 2.75) is 32.6 Å². The van der Waals surface area contributed by atoms with Crippen LogP contribution in [-0.4, -0.2) is 36.9 Å². The molecule has 5 aromatic rings. The van der Waals surface area contributed by atoms with Crippen LogP contribution in [0.4, 0.5) is 8.78 Å². The summed E-state index contributed by atoms with van der Waals surface area (Å²) in [5, 5.41) is 15.6. The molecule has 2 heterocycles. The number of halogens is 3. The Morgan fingerprint density at radius 3 is 2.43 bits per heavy atom. The second kappa shape index (κ2) is 12.7. The lowest BCUT2D eigenvalue weighted by Gasteiger charge is -2.30. The third-order valence-electron chi connectivity index (χ3n) is 6.42. The van der Waals surface area contributed by atoms with E-state index >= 15 is 0 Å². The summed E-state index contributed by atoms with van der Waals surface area (Å²) in [7, 11) is 0. The molecule has 0 aliphatic heterocycles. The van der Waals surface area contributed by atoms with Gasteiger partial charge in [0.15, 0.2) is 6.04 Å². The number of aromatic nitrogens is 4. The fourth-order valence-electron chi connectivity index (χ4n) is 4.28. The Labute approximate surface area is 244 Å². The molecule has 12 heteroatoms. The van der Waals surface area contributed by atoms with Crippen LogP contribution in [0.15, 0.2) is 89.3 Å². The zero-order valence-corrected chi connectivity index (χ0v) is 23.1. The summed E-state index contributed by atoms with van der Waals surface area (Å²) in [5.41, 5.74) is 1.48. The molecule has 1 N–H and O–H groups in total. The van der Waals surface area contributed by atoms with E-state index in [1.807, 2.05) is 0 Å². The monoisotopic (exact) mass is 590 g/mol. The molecule has 0 fully saturated rings. The maximum Gasteiger partial charge on any atom is 0.251 e. The van der Waals surface area contributed by atoms with Crippen molar-refractivity contribution in [2.75, 3.05) is 0 Å². The number of nitrogens with one attached hydrogen (secondary N) is 1. The van der Waals surface area contributed by atoms with Gasteiger partial charge in [0.05, 0.1) is 0 Å². The lowest BCUT2D eigenvalue weighted by atomic mass is 10.1. The van der Waals surface area contributed by atoms with E-state index in [2.05, 4.69) is 20.7 Å². The van der Waals surface area contributed by atoms with Crippen LogP contribution in [0, 0.1) is 18.6 Å². The van der Waals surface area contributed by atoms with E-state index in [0.717, 1.165) is 4.80 Å². The number of nitrogens with zero attached hydrogens (tertiary/aromatic N) is 5. The molecule has 2 amide bonds. The number of hydrogen-bond acceptors (Lipinski definition) is 6. The van der Waals surface area contributed by atoms with Gasteiger partial charge in [-0.05, 0) is 72.3 Å². The molecule has 5 rings (SSSR count). The van der Waals surface area contributed by atoms with Crippen LogP contribution in [0.5, 0.6) is 0 Å². The second-order valence-corrected chi connectivity index (χ2v) is 9.90. The van der Waals surface area contributed by atoms with Gasteiger partial charge in [-0.2, -0.15) is 4.80 Å². The number of carbonyl (C=O) groups excluding carboxylic acids is 2. The van der Waals surface area contributed by atoms with Crippen LogP contribution >= 0.6 is 11.6 Å². The molecule has 0 bridgehead atoms. The fraction of sp³-hybridized carbons (Fsp3) is 0.167. The third kappa shape index (κ3) is 6.87. The number of aryl methyl sites for hydroxylation is 1. The largest absolute Gasteiger partial charge is 0.464 e. The number of furan rings is 1. The molecule has 9 nitrogen and oxygen atoms in total. The molecule has 1 atom stereocenters. The number of tetrazole rings is 1. The minimum absolute atomic E-state index is 0.0616. The van der Waals surface area contributed by atoms with Crippen LogP contribution in [0.1, 0.15) is 28.7 Å². The third-order valence-corrected chi connectivity index (χ3v) is 6.67. The molecule has 0 unspecified atom stereocenters. The quantitative estimate of drug-likeness (QED) is 0.238. The van der Waals surface area contributed by atoms with Crippen molar-refractivity contribution in [3.8, 4) is 11.4 Å². The first kappa shape index (κ1) is 28.6. The standard InChI is InChI=1S/C30H25ClF2N6O3/c1-19-6-15-26(42-19)28(30(41)34-16-20-7-13-24(32)14-8-20)38(17-22-4-2-3-5-25(22)33)27(40)18-39-36-29(35-37-39)21-9-11-23(31)12-10-21/h2-15,28H,16-18H2,1H3,(H,34,41)/t28-/m0/s1. The molecular formula is C30H25ClF2N6O3. The Morgan fingerprint density at radius 2 is 1.74 bits per heavy atom. The summed E-state index contributed by atoms with van der Waals surface area (Å²) in [6, 6.07) is 20.4. The Kier molecular flexibility index (Phi) is 8.68. The zero-order chi connectivity index (χ0) is 29.6. The van der Waals surface area contributed by atoms with Crippen LogP contribution < -0.4 is 5.32 Å². The molecule has 0 spiro atoms. The van der Waals surface area contributed by atoms with Crippen molar-refractivity contribution in [1.29, 1.82) is 0 Å². The first-order valence-electron chi connectivity index (χ1n) is 12.9.